The highest BCUT2D eigenvalue weighted by atomic mass is 79.9. The number of carboxylic acid groups (broad SMARTS) is 1. The van der Waals surface area contributed by atoms with Crippen molar-refractivity contribution in [1.82, 2.24) is 0 Å². The molecule has 0 unspecified atom stereocenters. The number of aromatic carboxylic acids is 1. The number of carbonyl (C=O) groups excluding carboxylic acids is 1. The van der Waals surface area contributed by atoms with Crippen molar-refractivity contribution in [1.29, 1.82) is 0 Å². The van der Waals surface area contributed by atoms with E-state index in [0.717, 1.165) is 10.0 Å². The summed E-state index contributed by atoms with van der Waals surface area (Å²) in [4.78, 5) is 23.3. The third-order valence-electron chi connectivity index (χ3n) is 3.03. The lowest BCUT2D eigenvalue weighted by molar-refractivity contribution is 0.0695. The average Bonchev–Trinajstić information content (AvgIpc) is 2.39. The molecule has 0 aliphatic carbocycles. The molecule has 2 N–H and O–H groups in total. The topological polar surface area (TPSA) is 66.4 Å². The Kier molecular flexibility index (Phi) is 4.43. The minimum absolute atomic E-state index is 0.179. The number of anilines is 1. The van der Waals surface area contributed by atoms with Crippen molar-refractivity contribution < 1.29 is 14.7 Å². The molecule has 0 aromatic heterocycles. The van der Waals surface area contributed by atoms with Crippen LogP contribution in [-0.4, -0.2) is 17.0 Å². The molecular formula is C16H14BrNO3. The summed E-state index contributed by atoms with van der Waals surface area (Å²) in [6.45, 7) is 3.61. The molecule has 2 rings (SSSR count). The van der Waals surface area contributed by atoms with Gasteiger partial charge in [-0.3, -0.25) is 4.79 Å². The zero-order chi connectivity index (χ0) is 15.6. The van der Waals surface area contributed by atoms with E-state index in [1.165, 1.54) is 6.07 Å². The number of rotatable bonds is 3. The summed E-state index contributed by atoms with van der Waals surface area (Å²) >= 11 is 3.35. The van der Waals surface area contributed by atoms with Gasteiger partial charge in [0.2, 0.25) is 0 Å². The van der Waals surface area contributed by atoms with Crippen LogP contribution in [0.5, 0.6) is 0 Å². The van der Waals surface area contributed by atoms with E-state index in [2.05, 4.69) is 21.2 Å². The van der Waals surface area contributed by atoms with E-state index < -0.39 is 5.97 Å². The third kappa shape index (κ3) is 3.70. The predicted octanol–water partition coefficient (Wildman–Crippen LogP) is 4.02. The second-order valence-electron chi connectivity index (χ2n) is 4.81. The molecule has 0 bridgehead atoms. The van der Waals surface area contributed by atoms with Gasteiger partial charge < -0.3 is 10.4 Å². The maximum atomic E-state index is 12.2. The largest absolute Gasteiger partial charge is 0.478 e. The quantitative estimate of drug-likeness (QED) is 0.881. The number of halogens is 1. The number of hydrogen-bond acceptors (Lipinski definition) is 2. The van der Waals surface area contributed by atoms with Crippen molar-refractivity contribution >= 4 is 33.5 Å². The van der Waals surface area contributed by atoms with E-state index in [1.807, 2.05) is 13.0 Å². The van der Waals surface area contributed by atoms with Gasteiger partial charge in [-0.2, -0.15) is 0 Å². The number of nitrogens with one attached hydrogen (secondary N) is 1. The van der Waals surface area contributed by atoms with Crippen LogP contribution >= 0.6 is 15.9 Å². The number of amides is 1. The second kappa shape index (κ2) is 6.10. The molecule has 1 amide bonds. The zero-order valence-corrected chi connectivity index (χ0v) is 13.2. The summed E-state index contributed by atoms with van der Waals surface area (Å²) < 4.78 is 0.822. The van der Waals surface area contributed by atoms with Gasteiger partial charge in [0, 0.05) is 15.7 Å². The van der Waals surface area contributed by atoms with Crippen molar-refractivity contribution in [2.45, 2.75) is 13.8 Å². The minimum Gasteiger partial charge on any atom is -0.478 e. The summed E-state index contributed by atoms with van der Waals surface area (Å²) in [7, 11) is 0. The fraction of sp³-hybridized carbons (Fsp3) is 0.125. The maximum absolute atomic E-state index is 12.2. The maximum Gasteiger partial charge on any atom is 0.336 e. The minimum atomic E-state index is -1.01. The van der Waals surface area contributed by atoms with Crippen molar-refractivity contribution in [3.05, 3.63) is 63.1 Å². The summed E-state index contributed by atoms with van der Waals surface area (Å²) in [5.74, 6) is -1.29. The van der Waals surface area contributed by atoms with Crippen LogP contribution in [-0.2, 0) is 0 Å². The number of hydrogen-bond donors (Lipinski definition) is 2. The molecule has 2 aromatic carbocycles. The van der Waals surface area contributed by atoms with Crippen LogP contribution in [0, 0.1) is 13.8 Å². The number of carbonyl (C=O) groups is 2. The van der Waals surface area contributed by atoms with E-state index in [1.54, 1.807) is 31.2 Å². The highest BCUT2D eigenvalue weighted by molar-refractivity contribution is 9.10. The zero-order valence-electron chi connectivity index (χ0n) is 11.6. The Bertz CT molecular complexity index is 705. The molecule has 0 aliphatic rings. The van der Waals surface area contributed by atoms with E-state index in [0.29, 0.717) is 16.8 Å². The third-order valence-corrected chi connectivity index (χ3v) is 3.49. The monoisotopic (exact) mass is 347 g/mol. The highest BCUT2D eigenvalue weighted by Gasteiger charge is 2.11. The van der Waals surface area contributed by atoms with Crippen LogP contribution < -0.4 is 5.32 Å². The summed E-state index contributed by atoms with van der Waals surface area (Å²) in [5.41, 5.74) is 2.77. The number of benzene rings is 2. The predicted molar refractivity (Wildman–Crippen MR) is 85.0 cm³/mol. The molecule has 0 atom stereocenters. The van der Waals surface area contributed by atoms with Crippen LogP contribution in [0.3, 0.4) is 0 Å². The van der Waals surface area contributed by atoms with Crippen LogP contribution in [0.2, 0.25) is 0 Å². The first-order valence-electron chi connectivity index (χ1n) is 6.29. The fourth-order valence-electron chi connectivity index (χ4n) is 2.00. The van der Waals surface area contributed by atoms with Crippen LogP contribution in [0.4, 0.5) is 5.69 Å². The molecule has 0 saturated carbocycles. The smallest absolute Gasteiger partial charge is 0.336 e. The van der Waals surface area contributed by atoms with Crippen LogP contribution in [0.25, 0.3) is 0 Å². The first kappa shape index (κ1) is 15.3. The molecule has 5 heteroatoms. The highest BCUT2D eigenvalue weighted by Crippen LogP contribution is 2.19. The Morgan fingerprint density at radius 3 is 2.43 bits per heavy atom. The van der Waals surface area contributed by atoms with Gasteiger partial charge in [-0.1, -0.05) is 22.0 Å². The molecule has 0 aliphatic heterocycles. The van der Waals surface area contributed by atoms with Crippen LogP contribution in [0.15, 0.2) is 40.9 Å². The lowest BCUT2D eigenvalue weighted by Gasteiger charge is -2.09. The molecule has 0 spiro atoms. The molecule has 0 saturated heterocycles. The number of aryl methyl sites for hydroxylation is 2. The van der Waals surface area contributed by atoms with Gasteiger partial charge >= 0.3 is 5.97 Å². The van der Waals surface area contributed by atoms with Gasteiger partial charge in [-0.25, -0.2) is 4.79 Å². The molecule has 21 heavy (non-hydrogen) atoms. The fourth-order valence-corrected chi connectivity index (χ4v) is 2.61. The normalized spacial score (nSPS) is 10.2. The molecule has 4 nitrogen and oxygen atoms in total. The molecule has 0 radical (unpaired) electrons. The second-order valence-corrected chi connectivity index (χ2v) is 5.72. The molecule has 0 fully saturated rings. The van der Waals surface area contributed by atoms with E-state index >= 15 is 0 Å². The van der Waals surface area contributed by atoms with E-state index in [-0.39, 0.29) is 11.5 Å². The van der Waals surface area contributed by atoms with Crippen molar-refractivity contribution in [3.63, 3.8) is 0 Å². The van der Waals surface area contributed by atoms with Gasteiger partial charge in [-0.15, -0.1) is 0 Å². The van der Waals surface area contributed by atoms with Gasteiger partial charge in [0.15, 0.2) is 0 Å². The first-order chi connectivity index (χ1) is 9.86. The van der Waals surface area contributed by atoms with Gasteiger partial charge in [-0.05, 0) is 55.3 Å². The van der Waals surface area contributed by atoms with Gasteiger partial charge in [0.25, 0.3) is 5.91 Å². The number of carboxylic acids is 1. The first-order valence-corrected chi connectivity index (χ1v) is 7.08. The summed E-state index contributed by atoms with van der Waals surface area (Å²) in [5, 5.41) is 11.8. The van der Waals surface area contributed by atoms with E-state index in [4.69, 9.17) is 5.11 Å². The van der Waals surface area contributed by atoms with Crippen molar-refractivity contribution in [3.8, 4) is 0 Å². The molecule has 108 valence electrons. The average molecular weight is 348 g/mol. The lowest BCUT2D eigenvalue weighted by Crippen LogP contribution is -2.13. The Labute approximate surface area is 130 Å². The molecule has 0 heterocycles. The Morgan fingerprint density at radius 2 is 1.81 bits per heavy atom. The van der Waals surface area contributed by atoms with Gasteiger partial charge in [0.1, 0.15) is 0 Å². The van der Waals surface area contributed by atoms with E-state index in [9.17, 15) is 9.59 Å². The lowest BCUT2D eigenvalue weighted by atomic mass is 10.1. The van der Waals surface area contributed by atoms with Gasteiger partial charge in [0.05, 0.1) is 5.56 Å². The SMILES string of the molecule is Cc1cc(Br)cc(C(=O)Nc2ccc(C)c(C(=O)O)c2)c1. The molecule has 2 aromatic rings. The standard InChI is InChI=1S/C16H14BrNO3/c1-9-5-11(7-12(17)6-9)15(19)18-13-4-3-10(2)14(8-13)16(20)21/h3-8H,1-2H3,(H,18,19)(H,20,21). The Morgan fingerprint density at radius 1 is 1.10 bits per heavy atom. The Balaban J connectivity index is 2.27. The summed E-state index contributed by atoms with van der Waals surface area (Å²) in [6.07, 6.45) is 0. The van der Waals surface area contributed by atoms with Crippen molar-refractivity contribution in [2.75, 3.05) is 5.32 Å². The van der Waals surface area contributed by atoms with Crippen molar-refractivity contribution in [2.24, 2.45) is 0 Å². The van der Waals surface area contributed by atoms with Crippen LogP contribution in [0.1, 0.15) is 31.8 Å². The summed E-state index contributed by atoms with van der Waals surface area (Å²) in [6, 6.07) is 10.2. The molecular weight excluding hydrogens is 334 g/mol. The Hall–Kier alpha value is -2.14.